The third kappa shape index (κ3) is 2.47. The van der Waals surface area contributed by atoms with Crippen molar-refractivity contribution in [3.05, 3.63) is 28.2 Å². The molecule has 0 unspecified atom stereocenters. The molecule has 96 valence electrons. The molecule has 2 rings (SSSR count). The predicted molar refractivity (Wildman–Crippen MR) is 71.8 cm³/mol. The maximum absolute atomic E-state index is 11.8. The Kier molecular flexibility index (Phi) is 4.14. The zero-order valence-corrected chi connectivity index (χ0v) is 11.4. The van der Waals surface area contributed by atoms with E-state index in [-0.39, 0.29) is 6.61 Å². The topological polar surface area (TPSA) is 57.6 Å². The van der Waals surface area contributed by atoms with E-state index in [1.165, 1.54) is 4.90 Å². The molecule has 1 amide bonds. The van der Waals surface area contributed by atoms with Crippen LogP contribution in [0, 0.1) is 0 Å². The minimum atomic E-state index is -0.452. The van der Waals surface area contributed by atoms with Crippen LogP contribution in [0.25, 0.3) is 0 Å². The summed E-state index contributed by atoms with van der Waals surface area (Å²) in [6.07, 6.45) is 2.35. The number of ketones is 1. The van der Waals surface area contributed by atoms with Crippen molar-refractivity contribution in [3.63, 3.8) is 0 Å². The van der Waals surface area contributed by atoms with E-state index in [9.17, 15) is 9.59 Å². The zero-order valence-electron chi connectivity index (χ0n) is 9.86. The molecule has 4 nitrogen and oxygen atoms in total. The summed E-state index contributed by atoms with van der Waals surface area (Å²) in [6, 6.07) is 5.23. The third-order valence-electron chi connectivity index (χ3n) is 2.97. The first-order valence-electron chi connectivity index (χ1n) is 5.91. The number of amides is 1. The van der Waals surface area contributed by atoms with Gasteiger partial charge in [-0.1, -0.05) is 15.9 Å². The van der Waals surface area contributed by atoms with Gasteiger partial charge in [0.25, 0.3) is 11.7 Å². The number of rotatable bonds is 5. The number of hydrogen-bond acceptors (Lipinski definition) is 3. The van der Waals surface area contributed by atoms with Gasteiger partial charge in [-0.3, -0.25) is 9.59 Å². The van der Waals surface area contributed by atoms with Crippen LogP contribution >= 0.6 is 15.9 Å². The molecule has 1 aliphatic rings. The van der Waals surface area contributed by atoms with Crippen LogP contribution in [0.15, 0.2) is 22.7 Å². The SMILES string of the molecule is O=C1C(=O)N(CCCCCO)c2cc(Br)ccc21. The maximum atomic E-state index is 11.8. The number of carbonyl (C=O) groups is 2. The largest absolute Gasteiger partial charge is 0.396 e. The lowest BCUT2D eigenvalue weighted by molar-refractivity contribution is -0.114. The van der Waals surface area contributed by atoms with Crippen molar-refractivity contribution < 1.29 is 14.7 Å². The molecular formula is C13H14BrNO3. The van der Waals surface area contributed by atoms with E-state index in [1.807, 2.05) is 0 Å². The number of anilines is 1. The highest BCUT2D eigenvalue weighted by Gasteiger charge is 2.35. The summed E-state index contributed by atoms with van der Waals surface area (Å²) in [5.41, 5.74) is 1.16. The Labute approximate surface area is 114 Å². The van der Waals surface area contributed by atoms with Gasteiger partial charge in [-0.2, -0.15) is 0 Å². The number of fused-ring (bicyclic) bond motifs is 1. The first kappa shape index (κ1) is 13.2. The second-order valence-corrected chi connectivity index (χ2v) is 5.15. The monoisotopic (exact) mass is 311 g/mol. The van der Waals surface area contributed by atoms with Crippen molar-refractivity contribution in [2.75, 3.05) is 18.1 Å². The third-order valence-corrected chi connectivity index (χ3v) is 3.47. The summed E-state index contributed by atoms with van der Waals surface area (Å²) in [5.74, 6) is -0.883. The molecular weight excluding hydrogens is 298 g/mol. The standard InChI is InChI=1S/C13H14BrNO3/c14-9-4-5-10-11(8-9)15(13(18)12(10)17)6-2-1-3-7-16/h4-5,8,16H,1-3,6-7H2. The molecule has 5 heteroatoms. The summed E-state index contributed by atoms with van der Waals surface area (Å²) >= 11 is 3.34. The number of carbonyl (C=O) groups excluding carboxylic acids is 2. The molecule has 0 atom stereocenters. The first-order chi connectivity index (χ1) is 8.65. The molecule has 1 heterocycles. The Hall–Kier alpha value is -1.20. The van der Waals surface area contributed by atoms with Crippen LogP contribution < -0.4 is 4.90 Å². The molecule has 1 aromatic carbocycles. The highest BCUT2D eigenvalue weighted by Crippen LogP contribution is 2.31. The minimum absolute atomic E-state index is 0.162. The number of hydrogen-bond donors (Lipinski definition) is 1. The fraction of sp³-hybridized carbons (Fsp3) is 0.385. The average molecular weight is 312 g/mol. The van der Waals surface area contributed by atoms with Gasteiger partial charge in [0.05, 0.1) is 11.3 Å². The minimum Gasteiger partial charge on any atom is -0.396 e. The molecule has 0 radical (unpaired) electrons. The van der Waals surface area contributed by atoms with Gasteiger partial charge in [-0.15, -0.1) is 0 Å². The van der Waals surface area contributed by atoms with Gasteiger partial charge >= 0.3 is 0 Å². The van der Waals surface area contributed by atoms with Crippen LogP contribution in [-0.4, -0.2) is 29.9 Å². The Balaban J connectivity index is 2.14. The molecule has 1 aromatic rings. The molecule has 0 aromatic heterocycles. The Morgan fingerprint density at radius 2 is 1.94 bits per heavy atom. The number of halogens is 1. The number of nitrogens with zero attached hydrogens (tertiary/aromatic N) is 1. The number of aliphatic hydroxyl groups excluding tert-OH is 1. The van der Waals surface area contributed by atoms with E-state index < -0.39 is 11.7 Å². The van der Waals surface area contributed by atoms with Gasteiger partial charge in [0, 0.05) is 17.6 Å². The lowest BCUT2D eigenvalue weighted by Crippen LogP contribution is -2.30. The van der Waals surface area contributed by atoms with Gasteiger partial charge < -0.3 is 10.0 Å². The quantitative estimate of drug-likeness (QED) is 0.669. The van der Waals surface area contributed by atoms with Crippen molar-refractivity contribution in [3.8, 4) is 0 Å². The molecule has 1 aliphatic heterocycles. The van der Waals surface area contributed by atoms with E-state index in [1.54, 1.807) is 18.2 Å². The van der Waals surface area contributed by atoms with Crippen LogP contribution in [0.3, 0.4) is 0 Å². The van der Waals surface area contributed by atoms with Crippen molar-refractivity contribution in [1.29, 1.82) is 0 Å². The Bertz CT molecular complexity index is 487. The summed E-state index contributed by atoms with van der Waals surface area (Å²) in [7, 11) is 0. The second kappa shape index (κ2) is 5.63. The molecule has 18 heavy (non-hydrogen) atoms. The van der Waals surface area contributed by atoms with Crippen LogP contribution in [0.4, 0.5) is 5.69 Å². The first-order valence-corrected chi connectivity index (χ1v) is 6.71. The fourth-order valence-electron chi connectivity index (χ4n) is 2.05. The summed E-state index contributed by atoms with van der Waals surface area (Å²) in [6.45, 7) is 0.684. The molecule has 0 saturated heterocycles. The fourth-order valence-corrected chi connectivity index (χ4v) is 2.40. The van der Waals surface area contributed by atoms with E-state index in [2.05, 4.69) is 15.9 Å². The smallest absolute Gasteiger partial charge is 0.299 e. The summed E-state index contributed by atoms with van der Waals surface area (Å²) < 4.78 is 0.851. The zero-order chi connectivity index (χ0) is 13.1. The van der Waals surface area contributed by atoms with Crippen molar-refractivity contribution in [2.45, 2.75) is 19.3 Å². The molecule has 0 aliphatic carbocycles. The second-order valence-electron chi connectivity index (χ2n) is 4.23. The molecule has 0 spiro atoms. The van der Waals surface area contributed by atoms with Crippen LogP contribution in [0.1, 0.15) is 29.6 Å². The van der Waals surface area contributed by atoms with Gasteiger partial charge in [-0.25, -0.2) is 0 Å². The van der Waals surface area contributed by atoms with Gasteiger partial charge in [0.15, 0.2) is 0 Å². The van der Waals surface area contributed by atoms with Crippen LogP contribution in [0.5, 0.6) is 0 Å². The Morgan fingerprint density at radius 3 is 2.67 bits per heavy atom. The van der Waals surface area contributed by atoms with Crippen LogP contribution in [0.2, 0.25) is 0 Å². The number of benzene rings is 1. The summed E-state index contributed by atoms with van der Waals surface area (Å²) in [5, 5.41) is 8.71. The normalized spacial score (nSPS) is 14.2. The molecule has 0 saturated carbocycles. The number of Topliss-reactive ketones (excluding diaryl/α,β-unsaturated/α-hetero) is 1. The lowest BCUT2D eigenvalue weighted by atomic mass is 10.1. The van der Waals surface area contributed by atoms with Crippen molar-refractivity contribution in [2.24, 2.45) is 0 Å². The van der Waals surface area contributed by atoms with E-state index in [4.69, 9.17) is 5.11 Å². The average Bonchev–Trinajstić information content (AvgIpc) is 2.59. The number of aliphatic hydroxyl groups is 1. The highest BCUT2D eigenvalue weighted by atomic mass is 79.9. The van der Waals surface area contributed by atoms with E-state index >= 15 is 0 Å². The molecule has 1 N–H and O–H groups in total. The number of unbranched alkanes of at least 4 members (excludes halogenated alkanes) is 2. The lowest BCUT2D eigenvalue weighted by Gasteiger charge is -2.16. The predicted octanol–water partition coefficient (Wildman–Crippen LogP) is 2.14. The van der Waals surface area contributed by atoms with Gasteiger partial charge in [0.1, 0.15) is 0 Å². The van der Waals surface area contributed by atoms with E-state index in [0.29, 0.717) is 17.8 Å². The molecule has 0 bridgehead atoms. The Morgan fingerprint density at radius 1 is 1.17 bits per heavy atom. The maximum Gasteiger partial charge on any atom is 0.299 e. The van der Waals surface area contributed by atoms with Crippen molar-refractivity contribution >= 4 is 33.3 Å². The molecule has 0 fully saturated rings. The van der Waals surface area contributed by atoms with Crippen LogP contribution in [-0.2, 0) is 4.79 Å². The van der Waals surface area contributed by atoms with Crippen molar-refractivity contribution in [1.82, 2.24) is 0 Å². The summed E-state index contributed by atoms with van der Waals surface area (Å²) in [4.78, 5) is 25.1. The van der Waals surface area contributed by atoms with Gasteiger partial charge in [0.2, 0.25) is 0 Å². The van der Waals surface area contributed by atoms with E-state index in [0.717, 1.165) is 23.7 Å². The van der Waals surface area contributed by atoms with Gasteiger partial charge in [-0.05, 0) is 37.5 Å². The highest BCUT2D eigenvalue weighted by molar-refractivity contribution is 9.10.